The number of nitrogens with one attached hydrogen (secondary N) is 1. The van der Waals surface area contributed by atoms with Crippen LogP contribution in [0.4, 0.5) is 5.69 Å². The number of hydrogen-bond donors (Lipinski definition) is 1. The van der Waals surface area contributed by atoms with Crippen LogP contribution in [0, 0.1) is 13.8 Å². The fourth-order valence-corrected chi connectivity index (χ4v) is 3.29. The molecule has 0 spiro atoms. The van der Waals surface area contributed by atoms with Crippen LogP contribution in [0.15, 0.2) is 28.7 Å². The van der Waals surface area contributed by atoms with Crippen LogP contribution in [0.2, 0.25) is 0 Å². The summed E-state index contributed by atoms with van der Waals surface area (Å²) in [7, 11) is 1.69. The van der Waals surface area contributed by atoms with Crippen LogP contribution in [0.5, 0.6) is 5.75 Å². The first-order chi connectivity index (χ1) is 8.60. The second kappa shape index (κ2) is 5.76. The molecule has 2 aromatic rings. The van der Waals surface area contributed by atoms with Gasteiger partial charge in [0.1, 0.15) is 5.75 Å². The topological polar surface area (TPSA) is 21.3 Å². The highest BCUT2D eigenvalue weighted by Gasteiger charge is 2.04. The summed E-state index contributed by atoms with van der Waals surface area (Å²) in [5, 5.41) is 3.46. The lowest BCUT2D eigenvalue weighted by atomic mass is 10.2. The zero-order valence-electron chi connectivity index (χ0n) is 10.7. The maximum Gasteiger partial charge on any atom is 0.119 e. The number of benzene rings is 1. The number of anilines is 1. The van der Waals surface area contributed by atoms with Crippen molar-refractivity contribution in [3.63, 3.8) is 0 Å². The summed E-state index contributed by atoms with van der Waals surface area (Å²) in [5.74, 6) is 0.896. The zero-order chi connectivity index (χ0) is 13.1. The number of halogens is 1. The maximum atomic E-state index is 5.20. The van der Waals surface area contributed by atoms with E-state index in [1.165, 1.54) is 19.8 Å². The molecule has 4 heteroatoms. The Morgan fingerprint density at radius 2 is 2.06 bits per heavy atom. The SMILES string of the molecule is COc1ccc(NCc2cc(Br)c(C)s2)c(C)c1. The highest BCUT2D eigenvalue weighted by molar-refractivity contribution is 9.10. The first-order valence-electron chi connectivity index (χ1n) is 5.73. The number of methoxy groups -OCH3 is 1. The van der Waals surface area contributed by atoms with Gasteiger partial charge < -0.3 is 10.1 Å². The Hall–Kier alpha value is -1.00. The molecule has 2 nitrogen and oxygen atoms in total. The van der Waals surface area contributed by atoms with E-state index in [1.54, 1.807) is 7.11 Å². The van der Waals surface area contributed by atoms with Gasteiger partial charge in [-0.1, -0.05) is 0 Å². The van der Waals surface area contributed by atoms with Gasteiger partial charge in [0.05, 0.1) is 7.11 Å². The molecular weight excluding hydrogens is 310 g/mol. The Balaban J connectivity index is 2.06. The molecule has 0 saturated carbocycles. The van der Waals surface area contributed by atoms with E-state index >= 15 is 0 Å². The van der Waals surface area contributed by atoms with Gasteiger partial charge in [0.25, 0.3) is 0 Å². The smallest absolute Gasteiger partial charge is 0.119 e. The third-order valence-electron chi connectivity index (χ3n) is 2.79. The van der Waals surface area contributed by atoms with E-state index in [2.05, 4.69) is 47.2 Å². The van der Waals surface area contributed by atoms with Crippen molar-refractivity contribution in [2.45, 2.75) is 20.4 Å². The van der Waals surface area contributed by atoms with Crippen molar-refractivity contribution in [2.75, 3.05) is 12.4 Å². The highest BCUT2D eigenvalue weighted by Crippen LogP contribution is 2.28. The Kier molecular flexibility index (Phi) is 4.30. The van der Waals surface area contributed by atoms with E-state index in [0.717, 1.165) is 18.0 Å². The van der Waals surface area contributed by atoms with E-state index in [4.69, 9.17) is 4.74 Å². The molecule has 1 aromatic heterocycles. The lowest BCUT2D eigenvalue weighted by Crippen LogP contribution is -1.99. The normalized spacial score (nSPS) is 10.4. The van der Waals surface area contributed by atoms with E-state index in [1.807, 2.05) is 23.5 Å². The van der Waals surface area contributed by atoms with Gasteiger partial charge in [0, 0.05) is 26.5 Å². The Morgan fingerprint density at radius 1 is 1.28 bits per heavy atom. The van der Waals surface area contributed by atoms with Gasteiger partial charge in [0.15, 0.2) is 0 Å². The van der Waals surface area contributed by atoms with Crippen molar-refractivity contribution in [1.82, 2.24) is 0 Å². The summed E-state index contributed by atoms with van der Waals surface area (Å²) in [4.78, 5) is 2.65. The molecule has 1 aromatic carbocycles. The van der Waals surface area contributed by atoms with Gasteiger partial charge in [0.2, 0.25) is 0 Å². The largest absolute Gasteiger partial charge is 0.497 e. The number of ether oxygens (including phenoxy) is 1. The molecule has 0 amide bonds. The molecule has 0 bridgehead atoms. The molecule has 1 heterocycles. The Morgan fingerprint density at radius 3 is 2.61 bits per heavy atom. The van der Waals surface area contributed by atoms with Gasteiger partial charge in [-0.2, -0.15) is 0 Å². The summed E-state index contributed by atoms with van der Waals surface area (Å²) < 4.78 is 6.39. The fourth-order valence-electron chi connectivity index (χ4n) is 1.75. The monoisotopic (exact) mass is 325 g/mol. The molecule has 96 valence electrons. The lowest BCUT2D eigenvalue weighted by Gasteiger charge is -2.10. The molecule has 0 aliphatic carbocycles. The predicted octanol–water partition coefficient (Wildman–Crippen LogP) is 4.75. The summed E-state index contributed by atoms with van der Waals surface area (Å²) in [6.45, 7) is 5.06. The Labute approximate surface area is 120 Å². The minimum absolute atomic E-state index is 0.851. The molecule has 0 fully saturated rings. The minimum atomic E-state index is 0.851. The standard InChI is InChI=1S/C14H16BrNOS/c1-9-6-11(17-3)4-5-14(9)16-8-12-7-13(15)10(2)18-12/h4-7,16H,8H2,1-3H3. The molecular formula is C14H16BrNOS. The first kappa shape index (κ1) is 13.4. The third kappa shape index (κ3) is 3.06. The molecule has 1 N–H and O–H groups in total. The third-order valence-corrected chi connectivity index (χ3v) is 4.93. The lowest BCUT2D eigenvalue weighted by molar-refractivity contribution is 0.414. The molecule has 0 aliphatic heterocycles. The van der Waals surface area contributed by atoms with Crippen LogP contribution in [-0.4, -0.2) is 7.11 Å². The van der Waals surface area contributed by atoms with E-state index in [-0.39, 0.29) is 0 Å². The second-order valence-electron chi connectivity index (χ2n) is 4.15. The number of thiophene rings is 1. The highest BCUT2D eigenvalue weighted by atomic mass is 79.9. The quantitative estimate of drug-likeness (QED) is 0.875. The van der Waals surface area contributed by atoms with Crippen LogP contribution in [0.3, 0.4) is 0 Å². The number of hydrogen-bond acceptors (Lipinski definition) is 3. The van der Waals surface area contributed by atoms with Gasteiger partial charge in [-0.05, 0) is 59.6 Å². The van der Waals surface area contributed by atoms with Crippen molar-refractivity contribution in [3.8, 4) is 5.75 Å². The van der Waals surface area contributed by atoms with Crippen molar-refractivity contribution in [3.05, 3.63) is 44.1 Å². The molecule has 0 unspecified atom stereocenters. The molecule has 0 atom stereocenters. The zero-order valence-corrected chi connectivity index (χ0v) is 13.1. The predicted molar refractivity (Wildman–Crippen MR) is 81.8 cm³/mol. The van der Waals surface area contributed by atoms with Crippen molar-refractivity contribution >= 4 is 33.0 Å². The number of rotatable bonds is 4. The molecule has 0 radical (unpaired) electrons. The summed E-state index contributed by atoms with van der Waals surface area (Å²) in [5.41, 5.74) is 2.35. The van der Waals surface area contributed by atoms with Crippen LogP contribution >= 0.6 is 27.3 Å². The van der Waals surface area contributed by atoms with Gasteiger partial charge in [-0.25, -0.2) is 0 Å². The van der Waals surface area contributed by atoms with E-state index in [0.29, 0.717) is 0 Å². The molecule has 0 saturated heterocycles. The Bertz CT molecular complexity index is 531. The van der Waals surface area contributed by atoms with Crippen molar-refractivity contribution in [2.24, 2.45) is 0 Å². The summed E-state index contributed by atoms with van der Waals surface area (Å²) in [6, 6.07) is 8.25. The van der Waals surface area contributed by atoms with Gasteiger partial charge in [-0.3, -0.25) is 0 Å². The average molecular weight is 326 g/mol. The van der Waals surface area contributed by atoms with Gasteiger partial charge in [-0.15, -0.1) is 11.3 Å². The summed E-state index contributed by atoms with van der Waals surface area (Å²) in [6.07, 6.45) is 0. The minimum Gasteiger partial charge on any atom is -0.497 e. The molecule has 0 aliphatic rings. The fraction of sp³-hybridized carbons (Fsp3) is 0.286. The maximum absolute atomic E-state index is 5.20. The van der Waals surface area contributed by atoms with Crippen LogP contribution in [-0.2, 0) is 6.54 Å². The van der Waals surface area contributed by atoms with Gasteiger partial charge >= 0.3 is 0 Å². The van der Waals surface area contributed by atoms with E-state index in [9.17, 15) is 0 Å². The number of aryl methyl sites for hydroxylation is 2. The van der Waals surface area contributed by atoms with Crippen molar-refractivity contribution in [1.29, 1.82) is 0 Å². The van der Waals surface area contributed by atoms with Crippen LogP contribution in [0.25, 0.3) is 0 Å². The molecule has 2 rings (SSSR count). The van der Waals surface area contributed by atoms with Crippen LogP contribution in [0.1, 0.15) is 15.3 Å². The summed E-state index contributed by atoms with van der Waals surface area (Å²) >= 11 is 5.35. The molecule has 18 heavy (non-hydrogen) atoms. The van der Waals surface area contributed by atoms with Crippen LogP contribution < -0.4 is 10.1 Å². The van der Waals surface area contributed by atoms with Crippen molar-refractivity contribution < 1.29 is 4.74 Å². The second-order valence-corrected chi connectivity index (χ2v) is 6.35. The average Bonchev–Trinajstić information content (AvgIpc) is 2.67. The first-order valence-corrected chi connectivity index (χ1v) is 7.34. The van der Waals surface area contributed by atoms with E-state index < -0.39 is 0 Å².